The van der Waals surface area contributed by atoms with Gasteiger partial charge in [0.15, 0.2) is 0 Å². The number of hydrogen-bond donors (Lipinski definition) is 1. The number of nitrogens with zero attached hydrogens (tertiary/aromatic N) is 2. The Balaban J connectivity index is 2.75. The van der Waals surface area contributed by atoms with Crippen LogP contribution in [0.2, 0.25) is 0 Å². The molecule has 15 heavy (non-hydrogen) atoms. The molecule has 1 aliphatic rings. The average Bonchev–Trinajstić information content (AvgIpc) is 2.26. The Morgan fingerprint density at radius 2 is 1.87 bits per heavy atom. The third-order valence-corrected chi connectivity index (χ3v) is 4.75. The lowest BCUT2D eigenvalue weighted by molar-refractivity contribution is 0.0464. The zero-order chi connectivity index (χ0) is 11.7. The number of rotatable bonds is 2. The van der Waals surface area contributed by atoms with E-state index in [0.717, 1.165) is 0 Å². The van der Waals surface area contributed by atoms with Gasteiger partial charge in [0.2, 0.25) is 0 Å². The fraction of sp³-hybridized carbons (Fsp3) is 1.00. The second-order valence-corrected chi connectivity index (χ2v) is 6.68. The Kier molecular flexibility index (Phi) is 3.76. The lowest BCUT2D eigenvalue weighted by Crippen LogP contribution is -2.41. The van der Waals surface area contributed by atoms with Crippen molar-refractivity contribution in [3.05, 3.63) is 0 Å². The second kappa shape index (κ2) is 4.37. The predicted molar refractivity (Wildman–Crippen MR) is 58.7 cm³/mol. The van der Waals surface area contributed by atoms with Gasteiger partial charge in [-0.3, -0.25) is 0 Å². The summed E-state index contributed by atoms with van der Waals surface area (Å²) in [5.74, 6) is 0. The molecule has 1 atom stereocenters. The molecule has 5 nitrogen and oxygen atoms in total. The summed E-state index contributed by atoms with van der Waals surface area (Å²) in [5.41, 5.74) is -0.726. The van der Waals surface area contributed by atoms with Crippen LogP contribution >= 0.6 is 0 Å². The molecule has 0 aromatic heterocycles. The minimum atomic E-state index is -3.32. The highest BCUT2D eigenvalue weighted by molar-refractivity contribution is 7.86. The van der Waals surface area contributed by atoms with Gasteiger partial charge in [0, 0.05) is 27.2 Å². The SMILES string of the molecule is CN(C)S(=O)(=O)N1CCCC(C)(O)CC1. The van der Waals surface area contributed by atoms with Crippen molar-refractivity contribution < 1.29 is 13.5 Å². The number of hydrogen-bond acceptors (Lipinski definition) is 3. The van der Waals surface area contributed by atoms with Crippen LogP contribution in [0.5, 0.6) is 0 Å². The Morgan fingerprint density at radius 3 is 2.40 bits per heavy atom. The van der Waals surface area contributed by atoms with Gasteiger partial charge in [-0.15, -0.1) is 0 Å². The van der Waals surface area contributed by atoms with Gasteiger partial charge in [0.25, 0.3) is 10.2 Å². The van der Waals surface area contributed by atoms with Crippen molar-refractivity contribution in [2.75, 3.05) is 27.2 Å². The van der Waals surface area contributed by atoms with E-state index >= 15 is 0 Å². The molecule has 0 radical (unpaired) electrons. The van der Waals surface area contributed by atoms with E-state index in [4.69, 9.17) is 0 Å². The van der Waals surface area contributed by atoms with Crippen LogP contribution in [0.1, 0.15) is 26.2 Å². The molecular weight excluding hydrogens is 216 g/mol. The van der Waals surface area contributed by atoms with E-state index in [2.05, 4.69) is 0 Å². The van der Waals surface area contributed by atoms with Crippen LogP contribution in [0.15, 0.2) is 0 Å². The van der Waals surface area contributed by atoms with Gasteiger partial charge in [0.05, 0.1) is 5.60 Å². The zero-order valence-corrected chi connectivity index (χ0v) is 10.4. The summed E-state index contributed by atoms with van der Waals surface area (Å²) in [6.45, 7) is 2.66. The predicted octanol–water partition coefficient (Wildman–Crippen LogP) is 0.0297. The van der Waals surface area contributed by atoms with Gasteiger partial charge < -0.3 is 5.11 Å². The monoisotopic (exact) mass is 236 g/mol. The molecule has 1 heterocycles. The molecule has 6 heteroatoms. The Labute approximate surface area is 91.9 Å². The van der Waals surface area contributed by atoms with Crippen LogP contribution in [-0.2, 0) is 10.2 Å². The maximum atomic E-state index is 11.8. The molecule has 1 saturated heterocycles. The first-order chi connectivity index (χ1) is 6.76. The Bertz CT molecular complexity index is 311. The Morgan fingerprint density at radius 1 is 1.27 bits per heavy atom. The van der Waals surface area contributed by atoms with E-state index in [1.165, 1.54) is 22.7 Å². The minimum absolute atomic E-state index is 0.396. The van der Waals surface area contributed by atoms with Crippen LogP contribution in [0.25, 0.3) is 0 Å². The fourth-order valence-corrected chi connectivity index (χ4v) is 2.84. The van der Waals surface area contributed by atoms with Crippen molar-refractivity contribution >= 4 is 10.2 Å². The maximum absolute atomic E-state index is 11.8. The van der Waals surface area contributed by atoms with Crippen molar-refractivity contribution in [2.24, 2.45) is 0 Å². The molecule has 1 rings (SSSR count). The van der Waals surface area contributed by atoms with Gasteiger partial charge in [-0.1, -0.05) is 0 Å². The molecule has 1 aliphatic heterocycles. The van der Waals surface area contributed by atoms with Crippen LogP contribution in [0.3, 0.4) is 0 Å². The van der Waals surface area contributed by atoms with Crippen LogP contribution in [0.4, 0.5) is 0 Å². The van der Waals surface area contributed by atoms with Crippen molar-refractivity contribution in [3.63, 3.8) is 0 Å². The third-order valence-electron chi connectivity index (χ3n) is 2.81. The largest absolute Gasteiger partial charge is 0.390 e. The van der Waals surface area contributed by atoms with E-state index in [0.29, 0.717) is 32.4 Å². The molecule has 0 spiro atoms. The lowest BCUT2D eigenvalue weighted by Gasteiger charge is -2.24. The minimum Gasteiger partial charge on any atom is -0.390 e. The smallest absolute Gasteiger partial charge is 0.281 e. The molecule has 1 N–H and O–H groups in total. The van der Waals surface area contributed by atoms with E-state index < -0.39 is 15.8 Å². The van der Waals surface area contributed by atoms with E-state index in [1.54, 1.807) is 6.92 Å². The first-order valence-corrected chi connectivity index (χ1v) is 6.55. The highest BCUT2D eigenvalue weighted by Crippen LogP contribution is 2.23. The summed E-state index contributed by atoms with van der Waals surface area (Å²) in [6.07, 6.45) is 1.87. The summed E-state index contributed by atoms with van der Waals surface area (Å²) in [7, 11) is -0.266. The van der Waals surface area contributed by atoms with Gasteiger partial charge in [-0.05, 0) is 26.2 Å². The lowest BCUT2D eigenvalue weighted by atomic mass is 9.98. The average molecular weight is 236 g/mol. The molecule has 0 bridgehead atoms. The summed E-state index contributed by atoms with van der Waals surface area (Å²) in [6, 6.07) is 0. The summed E-state index contributed by atoms with van der Waals surface area (Å²) < 4.78 is 26.3. The number of aliphatic hydroxyl groups is 1. The molecule has 90 valence electrons. The van der Waals surface area contributed by atoms with Gasteiger partial charge in [-0.25, -0.2) is 0 Å². The molecular formula is C9H20N2O3S. The van der Waals surface area contributed by atoms with E-state index in [1.807, 2.05) is 0 Å². The molecule has 0 amide bonds. The molecule has 1 unspecified atom stereocenters. The third kappa shape index (κ3) is 3.14. The van der Waals surface area contributed by atoms with Crippen LogP contribution < -0.4 is 0 Å². The normalized spacial score (nSPS) is 30.5. The topological polar surface area (TPSA) is 60.9 Å². The molecule has 0 aromatic carbocycles. The van der Waals surface area contributed by atoms with Crippen molar-refractivity contribution in [1.82, 2.24) is 8.61 Å². The highest BCUT2D eigenvalue weighted by atomic mass is 32.2. The molecule has 1 fully saturated rings. The fourth-order valence-electron chi connectivity index (χ4n) is 1.70. The van der Waals surface area contributed by atoms with Gasteiger partial charge in [-0.2, -0.15) is 17.0 Å². The van der Waals surface area contributed by atoms with Crippen molar-refractivity contribution in [3.8, 4) is 0 Å². The summed E-state index contributed by atoms with van der Waals surface area (Å²) in [4.78, 5) is 0. The van der Waals surface area contributed by atoms with Crippen molar-refractivity contribution in [2.45, 2.75) is 31.8 Å². The highest BCUT2D eigenvalue weighted by Gasteiger charge is 2.31. The van der Waals surface area contributed by atoms with Gasteiger partial charge >= 0.3 is 0 Å². The first kappa shape index (κ1) is 12.9. The second-order valence-electron chi connectivity index (χ2n) is 4.54. The van der Waals surface area contributed by atoms with E-state index in [-0.39, 0.29) is 0 Å². The quantitative estimate of drug-likeness (QED) is 0.736. The Hall–Kier alpha value is -0.170. The standard InChI is InChI=1S/C9H20N2O3S/c1-9(12)5-4-7-11(8-6-9)15(13,14)10(2)3/h12H,4-8H2,1-3H3. The van der Waals surface area contributed by atoms with Crippen molar-refractivity contribution in [1.29, 1.82) is 0 Å². The molecule has 0 aliphatic carbocycles. The first-order valence-electron chi connectivity index (χ1n) is 5.16. The maximum Gasteiger partial charge on any atom is 0.281 e. The van der Waals surface area contributed by atoms with Gasteiger partial charge in [0.1, 0.15) is 0 Å². The summed E-state index contributed by atoms with van der Waals surface area (Å²) in [5, 5.41) is 9.84. The molecule has 0 saturated carbocycles. The molecule has 0 aromatic rings. The zero-order valence-electron chi connectivity index (χ0n) is 9.60. The van der Waals surface area contributed by atoms with Crippen LogP contribution in [-0.4, -0.2) is 54.9 Å². The van der Waals surface area contributed by atoms with Crippen LogP contribution in [0, 0.1) is 0 Å². The van der Waals surface area contributed by atoms with E-state index in [9.17, 15) is 13.5 Å². The summed E-state index contributed by atoms with van der Waals surface area (Å²) >= 11 is 0.